The van der Waals surface area contributed by atoms with Gasteiger partial charge in [-0.3, -0.25) is 14.2 Å². The molecule has 4 N–H and O–H groups in total. The number of ether oxygens (including phenoxy) is 1. The summed E-state index contributed by atoms with van der Waals surface area (Å²) in [6.45, 7) is 3.85. The van der Waals surface area contributed by atoms with Gasteiger partial charge in [-0.05, 0) is 43.7 Å². The van der Waals surface area contributed by atoms with Crippen LogP contribution in [0.15, 0.2) is 53.5 Å². The highest BCUT2D eigenvalue weighted by Gasteiger charge is 2.16. The van der Waals surface area contributed by atoms with Crippen molar-refractivity contribution in [3.05, 3.63) is 70.1 Å². The lowest BCUT2D eigenvalue weighted by molar-refractivity contribution is -0.121. The van der Waals surface area contributed by atoms with Crippen LogP contribution in [0, 0.1) is 11.3 Å². The third-order valence-electron chi connectivity index (χ3n) is 4.81. The Kier molecular flexibility index (Phi) is 7.31. The summed E-state index contributed by atoms with van der Waals surface area (Å²) >= 11 is 0. The second-order valence-corrected chi connectivity index (χ2v) is 7.76. The van der Waals surface area contributed by atoms with E-state index in [1.54, 1.807) is 42.5 Å². The number of carbonyl (C=O) groups is 1. The molecule has 33 heavy (non-hydrogen) atoms. The van der Waals surface area contributed by atoms with Gasteiger partial charge in [0.15, 0.2) is 5.82 Å². The lowest BCUT2D eigenvalue weighted by Gasteiger charge is -2.17. The molecule has 9 heteroatoms. The first-order chi connectivity index (χ1) is 15.8. The van der Waals surface area contributed by atoms with Gasteiger partial charge in [0.2, 0.25) is 5.91 Å². The minimum Gasteiger partial charge on any atom is -0.497 e. The molecule has 1 amide bonds. The van der Waals surface area contributed by atoms with Crippen LogP contribution in [-0.4, -0.2) is 28.6 Å². The van der Waals surface area contributed by atoms with Gasteiger partial charge in [0, 0.05) is 29.9 Å². The quantitative estimate of drug-likeness (QED) is 0.452. The fraction of sp³-hybridized carbons (Fsp3) is 0.250. The molecule has 3 rings (SSSR count). The zero-order valence-corrected chi connectivity index (χ0v) is 18.8. The van der Waals surface area contributed by atoms with E-state index in [4.69, 9.17) is 15.7 Å². The lowest BCUT2D eigenvalue weighted by atomic mass is 10.1. The molecule has 2 aromatic carbocycles. The third kappa shape index (κ3) is 5.89. The van der Waals surface area contributed by atoms with E-state index in [-0.39, 0.29) is 30.9 Å². The zero-order chi connectivity index (χ0) is 24.0. The van der Waals surface area contributed by atoms with E-state index in [0.29, 0.717) is 28.3 Å². The second-order valence-electron chi connectivity index (χ2n) is 7.76. The topological polar surface area (TPSA) is 135 Å². The third-order valence-corrected chi connectivity index (χ3v) is 4.81. The van der Waals surface area contributed by atoms with Gasteiger partial charge >= 0.3 is 0 Å². The molecular formula is C24H26N6O3. The molecule has 3 aromatic rings. The van der Waals surface area contributed by atoms with E-state index in [9.17, 15) is 9.59 Å². The maximum absolute atomic E-state index is 13.2. The summed E-state index contributed by atoms with van der Waals surface area (Å²) in [5.74, 6) is 0.337. The molecule has 0 aliphatic carbocycles. The predicted octanol–water partition coefficient (Wildman–Crippen LogP) is 2.51. The van der Waals surface area contributed by atoms with Crippen molar-refractivity contribution in [3.63, 3.8) is 0 Å². The van der Waals surface area contributed by atoms with Crippen LogP contribution in [0.3, 0.4) is 0 Å². The second kappa shape index (κ2) is 10.3. The summed E-state index contributed by atoms with van der Waals surface area (Å²) in [7, 11) is 1.52. The molecule has 1 aromatic heterocycles. The van der Waals surface area contributed by atoms with Crippen molar-refractivity contribution in [3.8, 4) is 23.1 Å². The van der Waals surface area contributed by atoms with Crippen molar-refractivity contribution in [2.45, 2.75) is 33.0 Å². The number of nitrogen functional groups attached to an aromatic ring is 1. The van der Waals surface area contributed by atoms with Crippen LogP contribution in [0.25, 0.3) is 11.3 Å². The summed E-state index contributed by atoms with van der Waals surface area (Å²) in [6.07, 6.45) is 1.54. The van der Waals surface area contributed by atoms with Crippen molar-refractivity contribution in [1.29, 1.82) is 5.26 Å². The molecule has 0 aliphatic rings. The molecule has 170 valence electrons. The summed E-state index contributed by atoms with van der Waals surface area (Å²) in [6, 6.07) is 14.0. The molecule has 0 radical (unpaired) electrons. The maximum Gasteiger partial charge on any atom is 0.294 e. The molecule has 0 atom stereocenters. The van der Waals surface area contributed by atoms with Crippen molar-refractivity contribution < 1.29 is 9.53 Å². The molecule has 0 unspecified atom stereocenters. The minimum absolute atomic E-state index is 0.0119. The SMILES string of the molecule is COc1cc(N)cc(-c2cnc(NC(C)C)c(=O)n2CC(=O)NCc2ccc(C#N)cc2)c1. The van der Waals surface area contributed by atoms with Crippen molar-refractivity contribution in [2.24, 2.45) is 0 Å². The van der Waals surface area contributed by atoms with Crippen LogP contribution >= 0.6 is 0 Å². The van der Waals surface area contributed by atoms with Gasteiger partial charge in [0.05, 0.1) is 30.6 Å². The van der Waals surface area contributed by atoms with Crippen LogP contribution in [0.2, 0.25) is 0 Å². The first-order valence-corrected chi connectivity index (χ1v) is 10.4. The minimum atomic E-state index is -0.420. The van der Waals surface area contributed by atoms with Gasteiger partial charge in [-0.1, -0.05) is 12.1 Å². The number of rotatable bonds is 8. The van der Waals surface area contributed by atoms with E-state index < -0.39 is 5.56 Å². The van der Waals surface area contributed by atoms with Gasteiger partial charge in [0.1, 0.15) is 12.3 Å². The normalized spacial score (nSPS) is 10.5. The van der Waals surface area contributed by atoms with Gasteiger partial charge < -0.3 is 21.1 Å². The Balaban J connectivity index is 1.92. The number of methoxy groups -OCH3 is 1. The number of nitrogens with one attached hydrogen (secondary N) is 2. The largest absolute Gasteiger partial charge is 0.497 e. The van der Waals surface area contributed by atoms with Crippen molar-refractivity contribution in [1.82, 2.24) is 14.9 Å². The number of carbonyl (C=O) groups excluding carboxylic acids is 1. The molecule has 0 spiro atoms. The van der Waals surface area contributed by atoms with Gasteiger partial charge in [0.25, 0.3) is 5.56 Å². The maximum atomic E-state index is 13.2. The Morgan fingerprint density at radius 1 is 1.24 bits per heavy atom. The Morgan fingerprint density at radius 2 is 1.97 bits per heavy atom. The average molecular weight is 447 g/mol. The Morgan fingerprint density at radius 3 is 2.61 bits per heavy atom. The van der Waals surface area contributed by atoms with Crippen LogP contribution in [-0.2, 0) is 17.9 Å². The average Bonchev–Trinajstić information content (AvgIpc) is 2.80. The summed E-state index contributed by atoms with van der Waals surface area (Å²) in [5.41, 5.74) is 8.45. The summed E-state index contributed by atoms with van der Waals surface area (Å²) in [5, 5.41) is 14.7. The van der Waals surface area contributed by atoms with Crippen molar-refractivity contribution >= 4 is 17.4 Å². The number of nitrogens with two attached hydrogens (primary N) is 1. The number of aromatic nitrogens is 2. The predicted molar refractivity (Wildman–Crippen MR) is 127 cm³/mol. The lowest BCUT2D eigenvalue weighted by Crippen LogP contribution is -2.35. The van der Waals surface area contributed by atoms with Gasteiger partial charge in [-0.2, -0.15) is 5.26 Å². The van der Waals surface area contributed by atoms with Crippen molar-refractivity contribution in [2.75, 3.05) is 18.2 Å². The molecule has 9 nitrogen and oxygen atoms in total. The van der Waals surface area contributed by atoms with Gasteiger partial charge in [-0.15, -0.1) is 0 Å². The molecule has 0 fully saturated rings. The van der Waals surface area contributed by atoms with E-state index in [2.05, 4.69) is 21.7 Å². The molecule has 0 saturated carbocycles. The van der Waals surface area contributed by atoms with Crippen LogP contribution in [0.4, 0.5) is 11.5 Å². The molecule has 1 heterocycles. The number of amides is 1. The first-order valence-electron chi connectivity index (χ1n) is 10.4. The molecule has 0 aliphatic heterocycles. The Bertz CT molecular complexity index is 1240. The molecular weight excluding hydrogens is 420 g/mol. The van der Waals surface area contributed by atoms with E-state index in [1.807, 2.05) is 13.8 Å². The number of nitriles is 1. The number of benzene rings is 2. The number of nitrogens with zero attached hydrogens (tertiary/aromatic N) is 3. The highest BCUT2D eigenvalue weighted by Crippen LogP contribution is 2.26. The highest BCUT2D eigenvalue weighted by molar-refractivity contribution is 5.77. The standard InChI is InChI=1S/C24H26N6O3/c1-15(2)29-23-24(32)30(14-22(31)27-12-17-6-4-16(11-25)5-7-17)21(13-28-23)18-8-19(26)10-20(9-18)33-3/h4-10,13,15H,12,14,26H2,1-3H3,(H,27,31)(H,28,29). The first kappa shape index (κ1) is 23.3. The smallest absolute Gasteiger partial charge is 0.294 e. The number of hydrogen-bond donors (Lipinski definition) is 3. The number of anilines is 2. The summed E-state index contributed by atoms with van der Waals surface area (Å²) < 4.78 is 6.65. The van der Waals surface area contributed by atoms with Crippen LogP contribution < -0.4 is 26.7 Å². The van der Waals surface area contributed by atoms with E-state index in [0.717, 1.165) is 5.56 Å². The summed E-state index contributed by atoms with van der Waals surface area (Å²) in [4.78, 5) is 30.2. The Hall–Kier alpha value is -4.32. The Labute approximate surface area is 191 Å². The van der Waals surface area contributed by atoms with Crippen LogP contribution in [0.1, 0.15) is 25.0 Å². The molecule has 0 bridgehead atoms. The zero-order valence-electron chi connectivity index (χ0n) is 18.8. The number of hydrogen-bond acceptors (Lipinski definition) is 7. The van der Waals surface area contributed by atoms with Crippen LogP contribution in [0.5, 0.6) is 5.75 Å². The molecule has 0 saturated heterocycles. The fourth-order valence-corrected chi connectivity index (χ4v) is 3.23. The van der Waals surface area contributed by atoms with Gasteiger partial charge in [-0.25, -0.2) is 4.98 Å². The monoisotopic (exact) mass is 446 g/mol. The fourth-order valence-electron chi connectivity index (χ4n) is 3.23. The highest BCUT2D eigenvalue weighted by atomic mass is 16.5. The van der Waals surface area contributed by atoms with E-state index >= 15 is 0 Å². The van der Waals surface area contributed by atoms with E-state index in [1.165, 1.54) is 17.9 Å².